The lowest BCUT2D eigenvalue weighted by molar-refractivity contribution is -0.121. The maximum Gasteiger partial charge on any atom is 0.357 e. The molecule has 3 aromatic rings. The summed E-state index contributed by atoms with van der Waals surface area (Å²) in [5.74, 6) is -1.03. The van der Waals surface area contributed by atoms with Crippen LogP contribution in [0.3, 0.4) is 0 Å². The number of pyridine rings is 1. The number of thiazole rings is 1. The van der Waals surface area contributed by atoms with E-state index >= 15 is 0 Å². The second kappa shape index (κ2) is 8.86. The number of nitrogens with zero attached hydrogens (tertiary/aromatic N) is 3. The number of aromatic nitrogens is 2. The molecule has 1 amide bonds. The van der Waals surface area contributed by atoms with Gasteiger partial charge in [0.15, 0.2) is 11.7 Å². The van der Waals surface area contributed by atoms with Crippen molar-refractivity contribution in [2.45, 2.75) is 0 Å². The van der Waals surface area contributed by atoms with Crippen LogP contribution in [0.1, 0.15) is 10.5 Å². The maximum absolute atomic E-state index is 12.6. The zero-order valence-corrected chi connectivity index (χ0v) is 15.3. The molecule has 7 heteroatoms. The van der Waals surface area contributed by atoms with Crippen molar-refractivity contribution in [3.63, 3.8) is 0 Å². The molecule has 3 rings (SSSR count). The van der Waals surface area contributed by atoms with E-state index in [1.165, 1.54) is 28.5 Å². The highest BCUT2D eigenvalue weighted by molar-refractivity contribution is 7.14. The van der Waals surface area contributed by atoms with E-state index in [-0.39, 0.29) is 18.1 Å². The highest BCUT2D eigenvalue weighted by atomic mass is 32.1. The lowest BCUT2D eigenvalue weighted by Crippen LogP contribution is -2.35. The van der Waals surface area contributed by atoms with Crippen LogP contribution in [-0.4, -0.2) is 35.0 Å². The van der Waals surface area contributed by atoms with Crippen molar-refractivity contribution in [2.24, 2.45) is 0 Å². The first-order valence-electron chi connectivity index (χ1n) is 8.19. The zero-order valence-electron chi connectivity index (χ0n) is 14.4. The summed E-state index contributed by atoms with van der Waals surface area (Å²) in [6, 6.07) is 14.6. The molecule has 136 valence electrons. The van der Waals surface area contributed by atoms with Gasteiger partial charge in [0, 0.05) is 23.7 Å². The van der Waals surface area contributed by atoms with Crippen molar-refractivity contribution >= 4 is 28.3 Å². The molecule has 0 aliphatic carbocycles. The van der Waals surface area contributed by atoms with Gasteiger partial charge in [-0.2, -0.15) is 0 Å². The Bertz CT molecular complexity index is 926. The van der Waals surface area contributed by atoms with Gasteiger partial charge in [0.25, 0.3) is 5.91 Å². The molecule has 0 unspecified atom stereocenters. The molecule has 0 fully saturated rings. The molecule has 0 aliphatic rings. The van der Waals surface area contributed by atoms with E-state index in [0.29, 0.717) is 5.13 Å². The van der Waals surface area contributed by atoms with Gasteiger partial charge in [-0.3, -0.25) is 9.69 Å². The predicted molar refractivity (Wildman–Crippen MR) is 105 cm³/mol. The Balaban J connectivity index is 1.70. The fraction of sp³-hybridized carbons (Fsp3) is 0.100. The average Bonchev–Trinajstić information content (AvgIpc) is 3.21. The molecule has 0 aliphatic heterocycles. The quantitative estimate of drug-likeness (QED) is 0.463. The number of amides is 1. The summed E-state index contributed by atoms with van der Waals surface area (Å²) in [5.41, 5.74) is 1.90. The maximum atomic E-state index is 12.6. The van der Waals surface area contributed by atoms with E-state index in [9.17, 15) is 9.59 Å². The van der Waals surface area contributed by atoms with Crippen molar-refractivity contribution in [3.05, 3.63) is 78.5 Å². The minimum atomic E-state index is -0.647. The Morgan fingerprint density at radius 2 is 1.93 bits per heavy atom. The minimum absolute atomic E-state index is 0.154. The topological polar surface area (TPSA) is 72.4 Å². The van der Waals surface area contributed by atoms with Crippen LogP contribution in [0.4, 0.5) is 5.13 Å². The highest BCUT2D eigenvalue weighted by Crippen LogP contribution is 2.27. The van der Waals surface area contributed by atoms with Gasteiger partial charge < -0.3 is 4.74 Å². The molecule has 1 aromatic carbocycles. The number of carbonyl (C=O) groups is 2. The minimum Gasteiger partial charge on any atom is -0.451 e. The van der Waals surface area contributed by atoms with Gasteiger partial charge in [-0.15, -0.1) is 17.9 Å². The van der Waals surface area contributed by atoms with E-state index in [1.54, 1.807) is 18.2 Å². The molecule has 0 spiro atoms. The summed E-state index contributed by atoms with van der Waals surface area (Å²) in [5, 5.41) is 2.40. The van der Waals surface area contributed by atoms with Gasteiger partial charge in [0.05, 0.1) is 5.69 Å². The highest BCUT2D eigenvalue weighted by Gasteiger charge is 2.20. The zero-order chi connectivity index (χ0) is 19.1. The largest absolute Gasteiger partial charge is 0.451 e. The normalized spacial score (nSPS) is 10.2. The third-order valence-electron chi connectivity index (χ3n) is 3.61. The van der Waals surface area contributed by atoms with Crippen molar-refractivity contribution < 1.29 is 14.3 Å². The Morgan fingerprint density at radius 3 is 2.63 bits per heavy atom. The number of ether oxygens (including phenoxy) is 1. The molecule has 0 saturated heterocycles. The first-order chi connectivity index (χ1) is 13.2. The van der Waals surface area contributed by atoms with Crippen LogP contribution in [0.15, 0.2) is 72.8 Å². The third-order valence-corrected chi connectivity index (χ3v) is 4.47. The SMILES string of the molecule is C=CCN(C(=O)COC(=O)c1ccccn1)c1nc(-c2ccccc2)cs1. The second-order valence-electron chi connectivity index (χ2n) is 5.47. The fourth-order valence-corrected chi connectivity index (χ4v) is 3.17. The Morgan fingerprint density at radius 1 is 1.15 bits per heavy atom. The Labute approximate surface area is 160 Å². The molecular formula is C20H17N3O3S. The monoisotopic (exact) mass is 379 g/mol. The van der Waals surface area contributed by atoms with Crippen LogP contribution in [0.25, 0.3) is 11.3 Å². The van der Waals surface area contributed by atoms with Crippen LogP contribution in [0.2, 0.25) is 0 Å². The third kappa shape index (κ3) is 4.65. The number of anilines is 1. The molecule has 0 saturated carbocycles. The first-order valence-corrected chi connectivity index (χ1v) is 9.07. The number of rotatable bonds is 7. The number of carbonyl (C=O) groups excluding carboxylic acids is 2. The Hall–Kier alpha value is -3.32. The van der Waals surface area contributed by atoms with Crippen LogP contribution in [0.5, 0.6) is 0 Å². The number of benzene rings is 1. The lowest BCUT2D eigenvalue weighted by atomic mass is 10.2. The summed E-state index contributed by atoms with van der Waals surface area (Å²) >= 11 is 1.34. The van der Waals surface area contributed by atoms with Crippen molar-refractivity contribution in [3.8, 4) is 11.3 Å². The Kier molecular flexibility index (Phi) is 6.06. The molecule has 2 heterocycles. The molecular weight excluding hydrogens is 362 g/mol. The van der Waals surface area contributed by atoms with Crippen LogP contribution < -0.4 is 4.90 Å². The van der Waals surface area contributed by atoms with Gasteiger partial charge in [0.1, 0.15) is 5.69 Å². The predicted octanol–water partition coefficient (Wildman–Crippen LogP) is 3.58. The summed E-state index contributed by atoms with van der Waals surface area (Å²) in [6.45, 7) is 3.55. The van der Waals surface area contributed by atoms with Crippen LogP contribution >= 0.6 is 11.3 Å². The summed E-state index contributed by atoms with van der Waals surface area (Å²) in [6.07, 6.45) is 3.09. The number of hydrogen-bond acceptors (Lipinski definition) is 6. The molecule has 2 aromatic heterocycles. The van der Waals surface area contributed by atoms with Gasteiger partial charge in [0.2, 0.25) is 0 Å². The molecule has 27 heavy (non-hydrogen) atoms. The summed E-state index contributed by atoms with van der Waals surface area (Å²) < 4.78 is 5.08. The van der Waals surface area contributed by atoms with Crippen molar-refractivity contribution in [1.82, 2.24) is 9.97 Å². The van der Waals surface area contributed by atoms with Crippen molar-refractivity contribution in [1.29, 1.82) is 0 Å². The van der Waals surface area contributed by atoms with Crippen molar-refractivity contribution in [2.75, 3.05) is 18.1 Å². The average molecular weight is 379 g/mol. The van der Waals surface area contributed by atoms with E-state index in [0.717, 1.165) is 11.3 Å². The second-order valence-corrected chi connectivity index (χ2v) is 6.30. The lowest BCUT2D eigenvalue weighted by Gasteiger charge is -2.17. The van der Waals surface area contributed by atoms with Crippen LogP contribution in [0, 0.1) is 0 Å². The summed E-state index contributed by atoms with van der Waals surface area (Å²) in [4.78, 5) is 34.4. The smallest absolute Gasteiger partial charge is 0.357 e. The molecule has 6 nitrogen and oxygen atoms in total. The van der Waals surface area contributed by atoms with Crippen LogP contribution in [-0.2, 0) is 9.53 Å². The van der Waals surface area contributed by atoms with Gasteiger partial charge in [-0.25, -0.2) is 14.8 Å². The number of hydrogen-bond donors (Lipinski definition) is 0. The standard InChI is InChI=1S/C20H17N3O3S/c1-2-12-23(18(24)13-26-19(25)16-10-6-7-11-21-16)20-22-17(14-27-20)15-8-4-3-5-9-15/h2-11,14H,1,12-13H2. The number of esters is 1. The first kappa shape index (κ1) is 18.5. The fourth-order valence-electron chi connectivity index (χ4n) is 2.31. The molecule has 0 radical (unpaired) electrons. The molecule has 0 atom stereocenters. The van der Waals surface area contributed by atoms with E-state index in [2.05, 4.69) is 16.5 Å². The van der Waals surface area contributed by atoms with E-state index in [4.69, 9.17) is 4.74 Å². The van der Waals surface area contributed by atoms with E-state index < -0.39 is 12.6 Å². The van der Waals surface area contributed by atoms with E-state index in [1.807, 2.05) is 35.7 Å². The van der Waals surface area contributed by atoms with Gasteiger partial charge >= 0.3 is 5.97 Å². The molecule has 0 N–H and O–H groups in total. The summed E-state index contributed by atoms with van der Waals surface area (Å²) in [7, 11) is 0. The molecule has 0 bridgehead atoms. The van der Waals surface area contributed by atoms with Gasteiger partial charge in [-0.1, -0.05) is 42.5 Å². The van der Waals surface area contributed by atoms with Gasteiger partial charge in [-0.05, 0) is 12.1 Å².